The van der Waals surface area contributed by atoms with Gasteiger partial charge in [0.1, 0.15) is 6.77 Å². The van der Waals surface area contributed by atoms with Gasteiger partial charge >= 0.3 is 0 Å². The minimum atomic E-state index is -0.704. The van der Waals surface area contributed by atoms with E-state index in [-0.39, 0.29) is 0 Å². The van der Waals surface area contributed by atoms with Crippen molar-refractivity contribution in [3.05, 3.63) is 0 Å². The predicted molar refractivity (Wildman–Crippen MR) is 16.8 cm³/mol. The van der Waals surface area contributed by atoms with Crippen LogP contribution >= 0.6 is 0 Å². The number of hydrogen-bond donors (Lipinski definition) is 0. The van der Waals surface area contributed by atoms with Crippen LogP contribution in [0.1, 0.15) is 1.37 Å². The van der Waals surface area contributed by atoms with Crippen LogP contribution in [-0.2, 0) is 9.47 Å². The van der Waals surface area contributed by atoms with Gasteiger partial charge in [-0.25, -0.2) is 0 Å². The molecule has 0 aliphatic carbocycles. The molecular formula is C3H6O2. The Hall–Kier alpha value is -0.0800. The van der Waals surface area contributed by atoms with E-state index in [0.717, 1.165) is 0 Å². The van der Waals surface area contributed by atoms with Crippen LogP contribution in [0.3, 0.4) is 0 Å². The van der Waals surface area contributed by atoms with E-state index >= 15 is 0 Å². The third-order valence-corrected chi connectivity index (χ3v) is 0.455. The average Bonchev–Trinajstić information content (AvgIpc) is 1.86. The molecule has 1 aliphatic heterocycles. The second-order valence-electron chi connectivity index (χ2n) is 0.838. The van der Waals surface area contributed by atoms with E-state index in [1.54, 1.807) is 0 Å². The summed E-state index contributed by atoms with van der Waals surface area (Å²) in [5.41, 5.74) is 0. The van der Waals surface area contributed by atoms with Crippen molar-refractivity contribution in [2.24, 2.45) is 0 Å². The maximum atomic E-state index is 6.69. The molecule has 0 aromatic heterocycles. The number of ether oxygens (including phenoxy) is 2. The molecule has 0 radical (unpaired) electrons. The van der Waals surface area contributed by atoms with Gasteiger partial charge in [-0.1, -0.05) is 0 Å². The van der Waals surface area contributed by atoms with Gasteiger partial charge in [-0.2, -0.15) is 0 Å². The van der Waals surface area contributed by atoms with Gasteiger partial charge in [-0.15, -0.1) is 0 Å². The lowest BCUT2D eigenvalue weighted by Crippen LogP contribution is -1.79. The zero-order valence-electron chi connectivity index (χ0n) is 3.81. The summed E-state index contributed by atoms with van der Waals surface area (Å²) in [5, 5.41) is 0. The van der Waals surface area contributed by atoms with Crippen molar-refractivity contribution in [2.75, 3.05) is 20.0 Å². The van der Waals surface area contributed by atoms with Crippen molar-refractivity contribution in [1.82, 2.24) is 0 Å². The lowest BCUT2D eigenvalue weighted by molar-refractivity contribution is 0.0692. The summed E-state index contributed by atoms with van der Waals surface area (Å²) >= 11 is 0. The SMILES string of the molecule is [2H]C1OCCO1. The molecule has 1 rings (SSSR count). The van der Waals surface area contributed by atoms with E-state index in [4.69, 9.17) is 1.37 Å². The maximum Gasteiger partial charge on any atom is 0.146 e. The fraction of sp³-hybridized carbons (Fsp3) is 1.00. The molecular weight excluding hydrogens is 68.0 g/mol. The van der Waals surface area contributed by atoms with Gasteiger partial charge in [0.05, 0.1) is 14.6 Å². The van der Waals surface area contributed by atoms with Crippen LogP contribution in [0.4, 0.5) is 0 Å². The van der Waals surface area contributed by atoms with E-state index < -0.39 is 6.77 Å². The largest absolute Gasteiger partial charge is 0.353 e. The van der Waals surface area contributed by atoms with Crippen LogP contribution in [0, 0.1) is 0 Å². The van der Waals surface area contributed by atoms with Crippen LogP contribution in [0.2, 0.25) is 0 Å². The monoisotopic (exact) mass is 75.0 g/mol. The molecule has 2 heteroatoms. The van der Waals surface area contributed by atoms with E-state index in [0.29, 0.717) is 13.2 Å². The highest BCUT2D eigenvalue weighted by molar-refractivity contribution is 4.28. The van der Waals surface area contributed by atoms with Crippen molar-refractivity contribution in [3.8, 4) is 0 Å². The number of rotatable bonds is 0. The van der Waals surface area contributed by atoms with Gasteiger partial charge in [0.15, 0.2) is 0 Å². The van der Waals surface area contributed by atoms with Crippen LogP contribution in [0.5, 0.6) is 0 Å². The molecule has 0 amide bonds. The molecule has 0 aromatic carbocycles. The topological polar surface area (TPSA) is 18.5 Å². The quantitative estimate of drug-likeness (QED) is 0.403. The van der Waals surface area contributed by atoms with Crippen molar-refractivity contribution in [3.63, 3.8) is 0 Å². The Kier molecular flexibility index (Phi) is 0.596. The van der Waals surface area contributed by atoms with Gasteiger partial charge < -0.3 is 9.47 Å². The first kappa shape index (κ1) is 2.16. The van der Waals surface area contributed by atoms with Gasteiger partial charge in [0.2, 0.25) is 0 Å². The highest BCUT2D eigenvalue weighted by Gasteiger charge is 1.93. The Labute approximate surface area is 32.1 Å². The Morgan fingerprint density at radius 2 is 2.00 bits per heavy atom. The van der Waals surface area contributed by atoms with Crippen molar-refractivity contribution in [2.45, 2.75) is 0 Å². The number of hydrogen-bond acceptors (Lipinski definition) is 2. The highest BCUT2D eigenvalue weighted by Crippen LogP contribution is 1.85. The molecule has 1 aliphatic rings. The first-order valence-corrected chi connectivity index (χ1v) is 1.55. The second kappa shape index (κ2) is 1.38. The maximum absolute atomic E-state index is 6.69. The van der Waals surface area contributed by atoms with Gasteiger partial charge in [-0.05, 0) is 0 Å². The third-order valence-electron chi connectivity index (χ3n) is 0.455. The minimum absolute atomic E-state index is 0.578. The van der Waals surface area contributed by atoms with E-state index in [9.17, 15) is 0 Å². The molecule has 30 valence electrons. The molecule has 1 fully saturated rings. The Morgan fingerprint density at radius 3 is 2.20 bits per heavy atom. The normalized spacial score (nSPS) is 30.8. The van der Waals surface area contributed by atoms with Crippen molar-refractivity contribution >= 4 is 0 Å². The first-order chi connectivity index (χ1) is 2.89. The summed E-state index contributed by atoms with van der Waals surface area (Å²) < 4.78 is 15.9. The molecule has 0 aromatic rings. The van der Waals surface area contributed by atoms with Gasteiger partial charge in [-0.3, -0.25) is 0 Å². The minimum Gasteiger partial charge on any atom is -0.353 e. The molecule has 5 heavy (non-hydrogen) atoms. The first-order valence-electron chi connectivity index (χ1n) is 2.13. The van der Waals surface area contributed by atoms with Crippen LogP contribution in [0.25, 0.3) is 0 Å². The molecule has 2 nitrogen and oxygen atoms in total. The Balaban J connectivity index is 2.18. The van der Waals surface area contributed by atoms with E-state index in [1.807, 2.05) is 0 Å². The van der Waals surface area contributed by atoms with E-state index in [2.05, 4.69) is 9.47 Å². The fourth-order valence-corrected chi connectivity index (χ4v) is 0.241. The standard InChI is InChI=1S/C3H6O2/c1-2-5-3-4-1/h1-3H2/i3D. The van der Waals surface area contributed by atoms with Crippen molar-refractivity contribution in [1.29, 1.82) is 0 Å². The van der Waals surface area contributed by atoms with Crippen LogP contribution in [-0.4, -0.2) is 20.0 Å². The lowest BCUT2D eigenvalue weighted by Gasteiger charge is -1.76. The molecule has 0 bridgehead atoms. The van der Waals surface area contributed by atoms with Crippen LogP contribution < -0.4 is 0 Å². The summed E-state index contributed by atoms with van der Waals surface area (Å²) in [6.07, 6.45) is 0. The summed E-state index contributed by atoms with van der Waals surface area (Å²) in [5.74, 6) is 0. The molecule has 0 N–H and O–H groups in total. The Bertz CT molecular complexity index is 42.1. The summed E-state index contributed by atoms with van der Waals surface area (Å²) in [7, 11) is 0. The predicted octanol–water partition coefficient (Wildman–Crippen LogP) is -0.00930. The van der Waals surface area contributed by atoms with Gasteiger partial charge in [0.25, 0.3) is 0 Å². The molecule has 0 spiro atoms. The molecule has 1 heterocycles. The Morgan fingerprint density at radius 1 is 1.40 bits per heavy atom. The average molecular weight is 75.1 g/mol. The zero-order chi connectivity index (χ0) is 4.41. The summed E-state index contributed by atoms with van der Waals surface area (Å²) in [4.78, 5) is 0. The summed E-state index contributed by atoms with van der Waals surface area (Å²) in [6, 6.07) is 0. The second-order valence-corrected chi connectivity index (χ2v) is 0.838. The van der Waals surface area contributed by atoms with Crippen molar-refractivity contribution < 1.29 is 10.8 Å². The smallest absolute Gasteiger partial charge is 0.146 e. The van der Waals surface area contributed by atoms with E-state index in [1.165, 1.54) is 0 Å². The summed E-state index contributed by atoms with van der Waals surface area (Å²) in [6.45, 7) is 0.451. The fourth-order valence-electron chi connectivity index (χ4n) is 0.241. The van der Waals surface area contributed by atoms with Crippen LogP contribution in [0.15, 0.2) is 0 Å². The molecule has 0 atom stereocenters. The molecule has 1 saturated heterocycles. The highest BCUT2D eigenvalue weighted by atomic mass is 16.7. The van der Waals surface area contributed by atoms with Gasteiger partial charge in [0, 0.05) is 0 Å². The zero-order valence-corrected chi connectivity index (χ0v) is 2.81. The third kappa shape index (κ3) is 0.597. The molecule has 0 unspecified atom stereocenters. The molecule has 0 saturated carbocycles. The lowest BCUT2D eigenvalue weighted by atomic mass is 10.8.